The van der Waals surface area contributed by atoms with Crippen molar-refractivity contribution in [2.75, 3.05) is 13.4 Å². The number of carbonyl (C=O) groups excluding carboxylic acids is 2. The highest BCUT2D eigenvalue weighted by Gasteiger charge is 2.53. The Morgan fingerprint density at radius 3 is 2.83 bits per heavy atom. The molecule has 0 fully saturated rings. The Bertz CT molecular complexity index is 786. The number of ketones is 1. The summed E-state index contributed by atoms with van der Waals surface area (Å²) in [5.41, 5.74) is -0.208. The Balaban J connectivity index is 2.14. The van der Waals surface area contributed by atoms with Gasteiger partial charge in [0.2, 0.25) is 0 Å². The monoisotopic (exact) mass is 349 g/mol. The number of nitrogens with zero attached hydrogens (tertiary/aromatic N) is 1. The number of carbonyl (C=O) groups is 2. The van der Waals surface area contributed by atoms with Crippen molar-refractivity contribution in [2.45, 2.75) is 23.3 Å². The third kappa shape index (κ3) is 2.48. The Hall–Kier alpha value is -1.72. The molecule has 1 aromatic heterocycles. The van der Waals surface area contributed by atoms with Gasteiger partial charge in [0.15, 0.2) is 11.2 Å². The summed E-state index contributed by atoms with van der Waals surface area (Å²) in [6.07, 6.45) is 4.07. The van der Waals surface area contributed by atoms with Crippen LogP contribution in [0.3, 0.4) is 0 Å². The lowest BCUT2D eigenvalue weighted by atomic mass is 9.76. The molecular weight excluding hydrogens is 334 g/mol. The van der Waals surface area contributed by atoms with Gasteiger partial charge in [0.25, 0.3) is 0 Å². The van der Waals surface area contributed by atoms with E-state index in [2.05, 4.69) is 0 Å². The molecule has 23 heavy (non-hydrogen) atoms. The molecule has 120 valence electrons. The summed E-state index contributed by atoms with van der Waals surface area (Å²) < 4.78 is 6.84. The van der Waals surface area contributed by atoms with Gasteiger partial charge in [-0.2, -0.15) is 0 Å². The number of benzene rings is 1. The average Bonchev–Trinajstić information content (AvgIpc) is 3.11. The topological polar surface area (TPSA) is 48.3 Å². The van der Waals surface area contributed by atoms with Crippen molar-refractivity contribution in [3.8, 4) is 0 Å². The number of hydrogen-bond acceptors (Lipinski definition) is 4. The Morgan fingerprint density at radius 2 is 2.13 bits per heavy atom. The highest BCUT2D eigenvalue weighted by molar-refractivity contribution is 7.98. The lowest BCUT2D eigenvalue weighted by molar-refractivity contribution is -0.145. The summed E-state index contributed by atoms with van der Waals surface area (Å²) in [4.78, 5) is 26.8. The minimum absolute atomic E-state index is 0.242. The summed E-state index contributed by atoms with van der Waals surface area (Å²) >= 11 is 7.62. The molecule has 0 aliphatic carbocycles. The van der Waals surface area contributed by atoms with Crippen LogP contribution in [0.2, 0.25) is 5.02 Å². The summed E-state index contributed by atoms with van der Waals surface area (Å²) in [5.74, 6) is -0.778. The van der Waals surface area contributed by atoms with E-state index in [0.29, 0.717) is 29.2 Å². The third-order valence-electron chi connectivity index (χ3n) is 4.28. The molecule has 0 spiro atoms. The number of aromatic nitrogens is 1. The van der Waals surface area contributed by atoms with Crippen molar-refractivity contribution in [1.29, 1.82) is 0 Å². The van der Waals surface area contributed by atoms with Crippen LogP contribution in [0, 0.1) is 0 Å². The molecule has 2 aromatic rings. The molecule has 0 saturated heterocycles. The Morgan fingerprint density at radius 1 is 1.35 bits per heavy atom. The minimum Gasteiger partial charge on any atom is -0.468 e. The van der Waals surface area contributed by atoms with Crippen molar-refractivity contribution >= 4 is 35.1 Å². The van der Waals surface area contributed by atoms with Crippen LogP contribution in [-0.4, -0.2) is 29.7 Å². The van der Waals surface area contributed by atoms with E-state index in [1.54, 1.807) is 30.1 Å². The number of hydrogen-bond donors (Lipinski definition) is 0. The first kappa shape index (κ1) is 16.1. The van der Waals surface area contributed by atoms with Crippen LogP contribution in [0.5, 0.6) is 0 Å². The first-order valence-electron chi connectivity index (χ1n) is 7.16. The van der Waals surface area contributed by atoms with Crippen LogP contribution in [0.4, 0.5) is 0 Å². The normalized spacial score (nSPS) is 19.4. The van der Waals surface area contributed by atoms with Gasteiger partial charge >= 0.3 is 5.97 Å². The number of thioether (sulfide) groups is 1. The molecule has 0 radical (unpaired) electrons. The zero-order valence-electron chi connectivity index (χ0n) is 12.8. The molecule has 1 aliphatic heterocycles. The number of fused-ring (bicyclic) bond motifs is 1. The van der Waals surface area contributed by atoms with Gasteiger partial charge in [0, 0.05) is 28.9 Å². The van der Waals surface area contributed by atoms with Crippen LogP contribution in [0.1, 0.15) is 22.5 Å². The van der Waals surface area contributed by atoms with E-state index in [-0.39, 0.29) is 5.78 Å². The number of methoxy groups -OCH3 is 1. The molecule has 1 atom stereocenters. The maximum absolute atomic E-state index is 13.2. The maximum atomic E-state index is 13.2. The lowest BCUT2D eigenvalue weighted by Crippen LogP contribution is -2.43. The zero-order valence-corrected chi connectivity index (χ0v) is 14.4. The fourth-order valence-corrected chi connectivity index (χ4v) is 3.83. The second-order valence-corrected chi connectivity index (χ2v) is 6.76. The zero-order chi connectivity index (χ0) is 16.6. The molecule has 2 heterocycles. The predicted molar refractivity (Wildman–Crippen MR) is 90.3 cm³/mol. The van der Waals surface area contributed by atoms with Crippen LogP contribution in [-0.2, 0) is 21.5 Å². The van der Waals surface area contributed by atoms with Gasteiger partial charge in [-0.1, -0.05) is 23.7 Å². The average molecular weight is 350 g/mol. The van der Waals surface area contributed by atoms with Crippen LogP contribution in [0.25, 0.3) is 0 Å². The lowest BCUT2D eigenvalue weighted by Gasteiger charge is -2.24. The number of ether oxygens (including phenoxy) is 1. The molecule has 0 amide bonds. The molecule has 0 bridgehead atoms. The first-order valence-corrected chi connectivity index (χ1v) is 8.76. The van der Waals surface area contributed by atoms with Crippen molar-refractivity contribution in [1.82, 2.24) is 4.57 Å². The Labute approximate surface area is 143 Å². The number of rotatable bonds is 4. The maximum Gasteiger partial charge on any atom is 0.325 e. The molecule has 0 saturated carbocycles. The number of esters is 1. The van der Waals surface area contributed by atoms with Gasteiger partial charge < -0.3 is 9.30 Å². The van der Waals surface area contributed by atoms with Crippen molar-refractivity contribution in [2.24, 2.45) is 0 Å². The molecule has 3 rings (SSSR count). The van der Waals surface area contributed by atoms with Gasteiger partial charge in [-0.3, -0.25) is 9.59 Å². The summed E-state index contributed by atoms with van der Waals surface area (Å²) in [6, 6.07) is 8.98. The number of Topliss-reactive ketones (excluding diaryl/α,β-unsaturated/α-hetero) is 1. The molecular formula is C17H16ClNO3S. The molecule has 1 unspecified atom stereocenters. The first-order chi connectivity index (χ1) is 11.0. The van der Waals surface area contributed by atoms with Gasteiger partial charge in [-0.05, 0) is 30.9 Å². The van der Waals surface area contributed by atoms with E-state index in [0.717, 1.165) is 4.90 Å². The van der Waals surface area contributed by atoms with Crippen LogP contribution in [0.15, 0.2) is 41.4 Å². The molecule has 4 nitrogen and oxygen atoms in total. The van der Waals surface area contributed by atoms with E-state index in [9.17, 15) is 9.59 Å². The molecule has 1 aromatic carbocycles. The van der Waals surface area contributed by atoms with E-state index < -0.39 is 11.4 Å². The van der Waals surface area contributed by atoms with Crippen molar-refractivity contribution in [3.63, 3.8) is 0 Å². The second-order valence-electron chi connectivity index (χ2n) is 5.44. The van der Waals surface area contributed by atoms with E-state index >= 15 is 0 Å². The smallest absolute Gasteiger partial charge is 0.325 e. The van der Waals surface area contributed by atoms with E-state index in [4.69, 9.17) is 16.3 Å². The van der Waals surface area contributed by atoms with Gasteiger partial charge in [0.1, 0.15) is 0 Å². The van der Waals surface area contributed by atoms with Gasteiger partial charge in [-0.15, -0.1) is 11.8 Å². The second kappa shape index (κ2) is 6.06. The van der Waals surface area contributed by atoms with E-state index in [1.165, 1.54) is 7.11 Å². The number of halogens is 1. The quantitative estimate of drug-likeness (QED) is 0.366. The van der Waals surface area contributed by atoms with Gasteiger partial charge in [-0.25, -0.2) is 0 Å². The summed E-state index contributed by atoms with van der Waals surface area (Å²) in [5, 5.41) is 0.513. The molecule has 6 heteroatoms. The number of aryl methyl sites for hydroxylation is 1. The molecule has 1 aliphatic rings. The van der Waals surface area contributed by atoms with Gasteiger partial charge in [0.05, 0.1) is 12.1 Å². The van der Waals surface area contributed by atoms with Crippen LogP contribution >= 0.6 is 23.4 Å². The fraction of sp³-hybridized carbons (Fsp3) is 0.294. The summed E-state index contributed by atoms with van der Waals surface area (Å²) in [7, 11) is 1.31. The van der Waals surface area contributed by atoms with Crippen molar-refractivity contribution < 1.29 is 14.3 Å². The predicted octanol–water partition coefficient (Wildman–Crippen LogP) is 3.56. The third-order valence-corrected chi connectivity index (χ3v) is 5.21. The van der Waals surface area contributed by atoms with E-state index in [1.807, 2.05) is 29.0 Å². The minimum atomic E-state index is -1.32. The van der Waals surface area contributed by atoms with Crippen molar-refractivity contribution in [3.05, 3.63) is 52.8 Å². The Kier molecular flexibility index (Phi) is 4.25. The highest BCUT2D eigenvalue weighted by Crippen LogP contribution is 2.41. The fourth-order valence-electron chi connectivity index (χ4n) is 3.15. The van der Waals surface area contributed by atoms with Crippen LogP contribution < -0.4 is 0 Å². The largest absolute Gasteiger partial charge is 0.468 e. The SMILES string of the molecule is COC(=O)C1(C(=O)c2cccc(SC)c2)CCn2cc(Cl)cc21. The summed E-state index contributed by atoms with van der Waals surface area (Å²) in [6.45, 7) is 0.561. The standard InChI is InChI=1S/C17H16ClNO3S/c1-22-16(21)17(6-7-19-10-12(18)9-14(17)19)15(20)11-4-3-5-13(8-11)23-2/h3-5,8-10H,6-7H2,1-2H3. The molecule has 0 N–H and O–H groups in total. The highest BCUT2D eigenvalue weighted by atomic mass is 35.5.